The van der Waals surface area contributed by atoms with Crippen molar-refractivity contribution in [1.82, 2.24) is 0 Å². The molecule has 15 heavy (non-hydrogen) atoms. The first-order valence-corrected chi connectivity index (χ1v) is 7.20. The minimum Gasteiger partial charge on any atom is -0.0651 e. The van der Waals surface area contributed by atoms with Crippen molar-refractivity contribution in [3.05, 3.63) is 0 Å². The summed E-state index contributed by atoms with van der Waals surface area (Å²) in [5.41, 5.74) is 0. The Morgan fingerprint density at radius 2 is 1.67 bits per heavy atom. The topological polar surface area (TPSA) is 0 Å². The number of fused-ring (bicyclic) bond motifs is 2. The van der Waals surface area contributed by atoms with Crippen molar-refractivity contribution in [2.75, 3.05) is 0 Å². The molecule has 2 bridgehead atoms. The van der Waals surface area contributed by atoms with Crippen molar-refractivity contribution in [3.63, 3.8) is 0 Å². The Bertz CT molecular complexity index is 196. The van der Waals surface area contributed by atoms with Crippen LogP contribution in [0, 0.1) is 29.6 Å². The molecule has 2 saturated carbocycles. The fraction of sp³-hybridized carbons (Fsp3) is 1.00. The molecule has 5 atom stereocenters. The Morgan fingerprint density at radius 3 is 2.40 bits per heavy atom. The smallest absolute Gasteiger partial charge is 0.0386 e. The molecule has 2 fully saturated rings. The second kappa shape index (κ2) is 4.89. The Labute approximate surface area is 95.8 Å². The Morgan fingerprint density at radius 1 is 0.867 bits per heavy atom. The molecule has 0 radical (unpaired) electrons. The van der Waals surface area contributed by atoms with Gasteiger partial charge in [0.05, 0.1) is 0 Å². The van der Waals surface area contributed by atoms with Crippen LogP contribution in [0.25, 0.3) is 0 Å². The summed E-state index contributed by atoms with van der Waals surface area (Å²) in [6, 6.07) is 0. The van der Waals surface area contributed by atoms with Crippen LogP contribution in [0.5, 0.6) is 0 Å². The van der Waals surface area contributed by atoms with E-state index < -0.39 is 0 Å². The number of rotatable bonds is 1. The van der Waals surface area contributed by atoms with Crippen LogP contribution in [0.1, 0.15) is 65.7 Å². The predicted molar refractivity (Wildman–Crippen MR) is 66.8 cm³/mol. The molecule has 0 saturated heterocycles. The molecule has 0 aromatic carbocycles. The lowest BCUT2D eigenvalue weighted by molar-refractivity contribution is 0.257. The van der Waals surface area contributed by atoms with Crippen molar-refractivity contribution in [2.45, 2.75) is 65.7 Å². The van der Waals surface area contributed by atoms with E-state index in [1.165, 1.54) is 38.5 Å². The fourth-order valence-corrected chi connectivity index (χ4v) is 4.17. The largest absolute Gasteiger partial charge is 0.0651 e. The first kappa shape index (κ1) is 11.5. The molecule has 0 aliphatic heterocycles. The lowest BCUT2D eigenvalue weighted by atomic mass is 9.80. The molecular weight excluding hydrogens is 180 g/mol. The highest BCUT2D eigenvalue weighted by atomic mass is 14.4. The van der Waals surface area contributed by atoms with Crippen LogP contribution in [0.15, 0.2) is 0 Å². The van der Waals surface area contributed by atoms with E-state index in [9.17, 15) is 0 Å². The third-order valence-corrected chi connectivity index (χ3v) is 5.41. The van der Waals surface area contributed by atoms with Gasteiger partial charge >= 0.3 is 0 Å². The zero-order chi connectivity index (χ0) is 10.8. The number of hydrogen-bond acceptors (Lipinski definition) is 0. The third-order valence-electron chi connectivity index (χ3n) is 5.41. The summed E-state index contributed by atoms with van der Waals surface area (Å²) >= 11 is 0. The van der Waals surface area contributed by atoms with Gasteiger partial charge in [-0.15, -0.1) is 0 Å². The standard InChI is InChI=1S/C15H28/c1-4-14-7-5-11(2)15-8-6-13(10-15)9-12(14)3/h11-15H,4-10H2,1-3H3/t11?,12?,13?,14?,15-/m0/s1. The van der Waals surface area contributed by atoms with Gasteiger partial charge in [-0.05, 0) is 55.3 Å². The molecule has 2 aliphatic rings. The summed E-state index contributed by atoms with van der Waals surface area (Å²) in [7, 11) is 0. The van der Waals surface area contributed by atoms with Gasteiger partial charge in [0, 0.05) is 0 Å². The van der Waals surface area contributed by atoms with E-state index in [2.05, 4.69) is 20.8 Å². The fourth-order valence-electron chi connectivity index (χ4n) is 4.17. The molecule has 0 aromatic rings. The highest BCUT2D eigenvalue weighted by molar-refractivity contribution is 4.84. The summed E-state index contributed by atoms with van der Waals surface area (Å²) in [6.07, 6.45) is 10.6. The minimum absolute atomic E-state index is 0.990. The molecule has 2 rings (SSSR count). The second-order valence-electron chi connectivity index (χ2n) is 6.38. The summed E-state index contributed by atoms with van der Waals surface area (Å²) in [6.45, 7) is 7.41. The maximum Gasteiger partial charge on any atom is -0.0386 e. The molecule has 0 spiro atoms. The first-order valence-electron chi connectivity index (χ1n) is 7.20. The maximum atomic E-state index is 2.51. The van der Waals surface area contributed by atoms with Gasteiger partial charge in [-0.25, -0.2) is 0 Å². The van der Waals surface area contributed by atoms with E-state index >= 15 is 0 Å². The van der Waals surface area contributed by atoms with Crippen LogP contribution in [-0.2, 0) is 0 Å². The van der Waals surface area contributed by atoms with Crippen LogP contribution >= 0.6 is 0 Å². The predicted octanol–water partition coefficient (Wildman–Crippen LogP) is 4.89. The summed E-state index contributed by atoms with van der Waals surface area (Å²) < 4.78 is 0. The van der Waals surface area contributed by atoms with Crippen molar-refractivity contribution in [1.29, 1.82) is 0 Å². The van der Waals surface area contributed by atoms with Crippen molar-refractivity contribution >= 4 is 0 Å². The van der Waals surface area contributed by atoms with E-state index in [1.807, 2.05) is 0 Å². The zero-order valence-electron chi connectivity index (χ0n) is 10.8. The molecule has 2 aliphatic carbocycles. The minimum atomic E-state index is 0.990. The monoisotopic (exact) mass is 208 g/mol. The van der Waals surface area contributed by atoms with Crippen molar-refractivity contribution in [2.24, 2.45) is 29.6 Å². The Kier molecular flexibility index (Phi) is 3.74. The molecule has 0 heteroatoms. The first-order chi connectivity index (χ1) is 7.20. The molecular formula is C15H28. The molecule has 88 valence electrons. The van der Waals surface area contributed by atoms with E-state index in [4.69, 9.17) is 0 Å². The Balaban J connectivity index is 2.03. The van der Waals surface area contributed by atoms with Crippen molar-refractivity contribution in [3.8, 4) is 0 Å². The molecule has 0 amide bonds. The summed E-state index contributed by atoms with van der Waals surface area (Å²) in [5, 5.41) is 0. The van der Waals surface area contributed by atoms with Gasteiger partial charge in [0.15, 0.2) is 0 Å². The van der Waals surface area contributed by atoms with Crippen LogP contribution in [0.4, 0.5) is 0 Å². The van der Waals surface area contributed by atoms with E-state index in [0.29, 0.717) is 0 Å². The summed E-state index contributed by atoms with van der Waals surface area (Å²) in [5.74, 6) is 5.18. The van der Waals surface area contributed by atoms with Crippen LogP contribution in [-0.4, -0.2) is 0 Å². The second-order valence-corrected chi connectivity index (χ2v) is 6.38. The van der Waals surface area contributed by atoms with Gasteiger partial charge in [-0.2, -0.15) is 0 Å². The molecule has 0 nitrogen and oxygen atoms in total. The van der Waals surface area contributed by atoms with Gasteiger partial charge in [0.25, 0.3) is 0 Å². The van der Waals surface area contributed by atoms with Crippen LogP contribution in [0.3, 0.4) is 0 Å². The molecule has 0 heterocycles. The zero-order valence-corrected chi connectivity index (χ0v) is 10.8. The normalized spacial score (nSPS) is 47.0. The quantitative estimate of drug-likeness (QED) is 0.576. The Hall–Kier alpha value is 0. The summed E-state index contributed by atoms with van der Waals surface area (Å²) in [4.78, 5) is 0. The molecule has 0 N–H and O–H groups in total. The average Bonchev–Trinajstić information content (AvgIpc) is 2.67. The highest BCUT2D eigenvalue weighted by Crippen LogP contribution is 2.44. The van der Waals surface area contributed by atoms with Crippen molar-refractivity contribution < 1.29 is 0 Å². The van der Waals surface area contributed by atoms with Gasteiger partial charge < -0.3 is 0 Å². The van der Waals surface area contributed by atoms with E-state index in [0.717, 1.165) is 29.6 Å². The van der Waals surface area contributed by atoms with Gasteiger partial charge in [0.2, 0.25) is 0 Å². The van der Waals surface area contributed by atoms with Crippen LogP contribution < -0.4 is 0 Å². The van der Waals surface area contributed by atoms with E-state index in [-0.39, 0.29) is 0 Å². The molecule has 4 unspecified atom stereocenters. The number of hydrogen-bond donors (Lipinski definition) is 0. The van der Waals surface area contributed by atoms with Gasteiger partial charge in [-0.1, -0.05) is 40.0 Å². The highest BCUT2D eigenvalue weighted by Gasteiger charge is 2.32. The van der Waals surface area contributed by atoms with E-state index in [1.54, 1.807) is 6.42 Å². The van der Waals surface area contributed by atoms with Gasteiger partial charge in [0.1, 0.15) is 0 Å². The maximum absolute atomic E-state index is 2.51. The molecule has 0 aromatic heterocycles. The third kappa shape index (κ3) is 2.57. The lowest BCUT2D eigenvalue weighted by Crippen LogP contribution is -2.14. The average molecular weight is 208 g/mol. The SMILES string of the molecule is CCC1CCC(C)[C@H]2CCC(CC1C)C2. The van der Waals surface area contributed by atoms with Gasteiger partial charge in [-0.3, -0.25) is 0 Å². The lowest BCUT2D eigenvalue weighted by Gasteiger charge is -2.25. The van der Waals surface area contributed by atoms with Crippen LogP contribution in [0.2, 0.25) is 0 Å².